The SMILES string of the molecule is CC[C@H](O)[C@@H](C)C(=O)OC. The lowest BCUT2D eigenvalue weighted by Crippen LogP contribution is -2.25. The summed E-state index contributed by atoms with van der Waals surface area (Å²) >= 11 is 0. The Morgan fingerprint density at radius 2 is 2.20 bits per heavy atom. The van der Waals surface area contributed by atoms with Crippen molar-refractivity contribution in [3.8, 4) is 0 Å². The largest absolute Gasteiger partial charge is 0.469 e. The molecule has 3 nitrogen and oxygen atoms in total. The molecule has 0 aromatic carbocycles. The number of aliphatic hydroxyl groups excluding tert-OH is 1. The van der Waals surface area contributed by atoms with E-state index in [0.29, 0.717) is 6.42 Å². The van der Waals surface area contributed by atoms with Gasteiger partial charge in [-0.3, -0.25) is 4.79 Å². The summed E-state index contributed by atoms with van der Waals surface area (Å²) in [5, 5.41) is 9.13. The smallest absolute Gasteiger partial charge is 0.311 e. The number of hydrogen-bond acceptors (Lipinski definition) is 3. The van der Waals surface area contributed by atoms with Gasteiger partial charge in [0.25, 0.3) is 0 Å². The first-order valence-electron chi connectivity index (χ1n) is 3.39. The Balaban J connectivity index is 3.81. The molecular weight excluding hydrogens is 132 g/mol. The van der Waals surface area contributed by atoms with Crippen LogP contribution in [-0.2, 0) is 9.53 Å². The molecule has 1 N–H and O–H groups in total. The van der Waals surface area contributed by atoms with E-state index >= 15 is 0 Å². The van der Waals surface area contributed by atoms with Crippen molar-refractivity contribution in [2.24, 2.45) is 5.92 Å². The summed E-state index contributed by atoms with van der Waals surface area (Å²) in [5.41, 5.74) is 0. The van der Waals surface area contributed by atoms with E-state index in [1.807, 2.05) is 6.92 Å². The summed E-state index contributed by atoms with van der Waals surface area (Å²) in [6.07, 6.45) is 0.00319. The number of ether oxygens (including phenoxy) is 1. The molecule has 0 aliphatic carbocycles. The second-order valence-electron chi connectivity index (χ2n) is 2.29. The van der Waals surface area contributed by atoms with Crippen LogP contribution in [0.1, 0.15) is 20.3 Å². The van der Waals surface area contributed by atoms with E-state index in [-0.39, 0.29) is 5.97 Å². The zero-order valence-electron chi connectivity index (χ0n) is 6.63. The Kier molecular flexibility index (Phi) is 4.03. The van der Waals surface area contributed by atoms with Gasteiger partial charge in [0.1, 0.15) is 0 Å². The van der Waals surface area contributed by atoms with Crippen LogP contribution in [0.3, 0.4) is 0 Å². The fourth-order valence-corrected chi connectivity index (χ4v) is 0.697. The van der Waals surface area contributed by atoms with Crippen molar-refractivity contribution in [2.75, 3.05) is 7.11 Å². The van der Waals surface area contributed by atoms with Gasteiger partial charge < -0.3 is 9.84 Å². The topological polar surface area (TPSA) is 46.5 Å². The van der Waals surface area contributed by atoms with Crippen molar-refractivity contribution in [3.05, 3.63) is 0 Å². The van der Waals surface area contributed by atoms with Crippen LogP contribution in [0.4, 0.5) is 0 Å². The van der Waals surface area contributed by atoms with Crippen LogP contribution in [0.2, 0.25) is 0 Å². The number of carbonyl (C=O) groups excluding carboxylic acids is 1. The van der Waals surface area contributed by atoms with Gasteiger partial charge in [0.15, 0.2) is 0 Å². The molecule has 0 fully saturated rings. The monoisotopic (exact) mass is 146 g/mol. The molecule has 0 radical (unpaired) electrons. The fourth-order valence-electron chi connectivity index (χ4n) is 0.697. The average molecular weight is 146 g/mol. The second kappa shape index (κ2) is 4.28. The Bertz CT molecular complexity index is 111. The Morgan fingerprint density at radius 1 is 1.70 bits per heavy atom. The third kappa shape index (κ3) is 2.35. The molecule has 2 atom stereocenters. The van der Waals surface area contributed by atoms with Gasteiger partial charge >= 0.3 is 5.97 Å². The van der Waals surface area contributed by atoms with Gasteiger partial charge in [0, 0.05) is 0 Å². The molecule has 0 unspecified atom stereocenters. The zero-order chi connectivity index (χ0) is 8.15. The van der Waals surface area contributed by atoms with Gasteiger partial charge in [-0.05, 0) is 13.3 Å². The maximum atomic E-state index is 10.7. The van der Waals surface area contributed by atoms with E-state index in [1.165, 1.54) is 7.11 Å². The number of hydrogen-bond donors (Lipinski definition) is 1. The van der Waals surface area contributed by atoms with Gasteiger partial charge in [-0.1, -0.05) is 6.92 Å². The highest BCUT2D eigenvalue weighted by Crippen LogP contribution is 2.07. The summed E-state index contributed by atoms with van der Waals surface area (Å²) in [4.78, 5) is 10.7. The lowest BCUT2D eigenvalue weighted by Gasteiger charge is -2.13. The molecule has 0 aromatic heterocycles. The molecule has 0 heterocycles. The molecule has 0 rings (SSSR count). The van der Waals surface area contributed by atoms with Crippen molar-refractivity contribution in [2.45, 2.75) is 26.4 Å². The summed E-state index contributed by atoms with van der Waals surface area (Å²) in [7, 11) is 1.32. The van der Waals surface area contributed by atoms with E-state index in [1.54, 1.807) is 6.92 Å². The second-order valence-corrected chi connectivity index (χ2v) is 2.29. The van der Waals surface area contributed by atoms with Crippen molar-refractivity contribution >= 4 is 5.97 Å². The third-order valence-electron chi connectivity index (χ3n) is 1.57. The van der Waals surface area contributed by atoms with Crippen molar-refractivity contribution in [3.63, 3.8) is 0 Å². The predicted molar refractivity (Wildman–Crippen MR) is 37.5 cm³/mol. The van der Waals surface area contributed by atoms with Gasteiger partial charge in [-0.25, -0.2) is 0 Å². The molecule has 0 aliphatic heterocycles. The fraction of sp³-hybridized carbons (Fsp3) is 0.857. The molecule has 0 bridgehead atoms. The van der Waals surface area contributed by atoms with Crippen LogP contribution in [0.25, 0.3) is 0 Å². The van der Waals surface area contributed by atoms with Crippen molar-refractivity contribution in [1.29, 1.82) is 0 Å². The van der Waals surface area contributed by atoms with E-state index in [9.17, 15) is 4.79 Å². The summed E-state index contributed by atoms with van der Waals surface area (Å²) in [5.74, 6) is -0.760. The van der Waals surface area contributed by atoms with Crippen molar-refractivity contribution in [1.82, 2.24) is 0 Å². The van der Waals surface area contributed by atoms with E-state index in [0.717, 1.165) is 0 Å². The van der Waals surface area contributed by atoms with Gasteiger partial charge in [-0.2, -0.15) is 0 Å². The number of rotatable bonds is 3. The third-order valence-corrected chi connectivity index (χ3v) is 1.57. The molecule has 10 heavy (non-hydrogen) atoms. The van der Waals surface area contributed by atoms with E-state index < -0.39 is 12.0 Å². The minimum atomic E-state index is -0.576. The normalized spacial score (nSPS) is 16.0. The molecular formula is C7H14O3. The number of carbonyl (C=O) groups is 1. The Hall–Kier alpha value is -0.570. The van der Waals surface area contributed by atoms with E-state index in [2.05, 4.69) is 4.74 Å². The van der Waals surface area contributed by atoms with Gasteiger partial charge in [0.05, 0.1) is 19.1 Å². The summed E-state index contributed by atoms with van der Waals surface area (Å²) < 4.78 is 4.44. The predicted octanol–water partition coefficient (Wildman–Crippen LogP) is 0.566. The molecule has 0 spiro atoms. The van der Waals surface area contributed by atoms with Crippen LogP contribution in [-0.4, -0.2) is 24.3 Å². The van der Waals surface area contributed by atoms with Gasteiger partial charge in [0.2, 0.25) is 0 Å². The maximum Gasteiger partial charge on any atom is 0.311 e. The van der Waals surface area contributed by atoms with Crippen molar-refractivity contribution < 1.29 is 14.6 Å². The maximum absolute atomic E-state index is 10.7. The summed E-state index contributed by atoms with van der Waals surface area (Å²) in [6, 6.07) is 0. The first kappa shape index (κ1) is 9.43. The van der Waals surface area contributed by atoms with Gasteiger partial charge in [-0.15, -0.1) is 0 Å². The first-order valence-corrected chi connectivity index (χ1v) is 3.39. The molecule has 0 saturated carbocycles. The highest BCUT2D eigenvalue weighted by molar-refractivity contribution is 5.72. The molecule has 0 amide bonds. The highest BCUT2D eigenvalue weighted by Gasteiger charge is 2.20. The zero-order valence-corrected chi connectivity index (χ0v) is 6.63. The Morgan fingerprint density at radius 3 is 2.50 bits per heavy atom. The molecule has 0 saturated heterocycles. The number of esters is 1. The molecule has 0 aromatic rings. The minimum Gasteiger partial charge on any atom is -0.469 e. The number of aliphatic hydroxyl groups is 1. The van der Waals surface area contributed by atoms with Crippen LogP contribution in [0.5, 0.6) is 0 Å². The Labute approximate surface area is 61.0 Å². The van der Waals surface area contributed by atoms with Crippen LogP contribution in [0.15, 0.2) is 0 Å². The quantitative estimate of drug-likeness (QED) is 0.592. The molecule has 0 aliphatic rings. The molecule has 3 heteroatoms. The standard InChI is InChI=1S/C7H14O3/c1-4-6(8)5(2)7(9)10-3/h5-6,8H,4H2,1-3H3/t5-,6+/m1/s1. The van der Waals surface area contributed by atoms with Crippen LogP contribution in [0, 0.1) is 5.92 Å². The highest BCUT2D eigenvalue weighted by atomic mass is 16.5. The van der Waals surface area contributed by atoms with Crippen LogP contribution >= 0.6 is 0 Å². The minimum absolute atomic E-state index is 0.352. The van der Waals surface area contributed by atoms with E-state index in [4.69, 9.17) is 5.11 Å². The lowest BCUT2D eigenvalue weighted by atomic mass is 10.0. The average Bonchev–Trinajstić information content (AvgIpc) is 2.00. The molecule has 60 valence electrons. The lowest BCUT2D eigenvalue weighted by molar-refractivity contribution is -0.148. The number of methoxy groups -OCH3 is 1. The first-order chi connectivity index (χ1) is 4.63. The summed E-state index contributed by atoms with van der Waals surface area (Å²) in [6.45, 7) is 3.48. The van der Waals surface area contributed by atoms with Crippen LogP contribution < -0.4 is 0 Å².